The van der Waals surface area contributed by atoms with Crippen LogP contribution in [0.4, 0.5) is 0 Å². The number of nitrogens with zero attached hydrogens (tertiary/aromatic N) is 3. The Labute approximate surface area is 136 Å². The number of nitriles is 1. The summed E-state index contributed by atoms with van der Waals surface area (Å²) in [5.74, 6) is 0.640. The Kier molecular flexibility index (Phi) is 6.15. The minimum atomic E-state index is -0.613. The van der Waals surface area contributed by atoms with Crippen molar-refractivity contribution in [1.82, 2.24) is 15.1 Å². The predicted molar refractivity (Wildman–Crippen MR) is 87.1 cm³/mol. The number of aliphatic hydroxyl groups excluding tert-OH is 1. The molecule has 0 aliphatic carbocycles. The minimum absolute atomic E-state index is 0.166. The van der Waals surface area contributed by atoms with Gasteiger partial charge in [0.25, 0.3) is 0 Å². The van der Waals surface area contributed by atoms with E-state index in [4.69, 9.17) is 10.00 Å². The zero-order valence-electron chi connectivity index (χ0n) is 13.4. The van der Waals surface area contributed by atoms with Crippen molar-refractivity contribution in [3.63, 3.8) is 0 Å². The highest BCUT2D eigenvalue weighted by atomic mass is 16.5. The average molecular weight is 314 g/mol. The molecule has 2 N–H and O–H groups in total. The lowest BCUT2D eigenvalue weighted by Crippen LogP contribution is -2.40. The van der Waals surface area contributed by atoms with E-state index in [0.717, 1.165) is 0 Å². The van der Waals surface area contributed by atoms with E-state index in [1.54, 1.807) is 30.5 Å². The molecule has 3 atom stereocenters. The lowest BCUT2D eigenvalue weighted by atomic mass is 10.1. The first-order chi connectivity index (χ1) is 11.1. The molecule has 1 aromatic carbocycles. The number of benzene rings is 1. The third-order valence-electron chi connectivity index (χ3n) is 3.77. The highest BCUT2D eigenvalue weighted by molar-refractivity contribution is 5.34. The van der Waals surface area contributed by atoms with Crippen LogP contribution in [0.15, 0.2) is 42.7 Å². The maximum absolute atomic E-state index is 10.0. The number of hydrogen-bond donors (Lipinski definition) is 2. The Hall–Kier alpha value is -2.36. The second-order valence-corrected chi connectivity index (χ2v) is 5.52. The third kappa shape index (κ3) is 5.09. The van der Waals surface area contributed by atoms with Gasteiger partial charge in [0.2, 0.25) is 0 Å². The Morgan fingerprint density at radius 3 is 2.70 bits per heavy atom. The van der Waals surface area contributed by atoms with Gasteiger partial charge in [0.15, 0.2) is 0 Å². The highest BCUT2D eigenvalue weighted by Gasteiger charge is 2.15. The van der Waals surface area contributed by atoms with Crippen LogP contribution in [0, 0.1) is 11.3 Å². The van der Waals surface area contributed by atoms with E-state index in [-0.39, 0.29) is 18.7 Å². The van der Waals surface area contributed by atoms with Crippen LogP contribution < -0.4 is 10.1 Å². The van der Waals surface area contributed by atoms with Crippen LogP contribution in [-0.4, -0.2) is 40.2 Å². The van der Waals surface area contributed by atoms with Crippen LogP contribution in [0.5, 0.6) is 5.75 Å². The summed E-state index contributed by atoms with van der Waals surface area (Å²) in [6.45, 7) is 4.76. The van der Waals surface area contributed by atoms with Crippen molar-refractivity contribution < 1.29 is 9.84 Å². The summed E-state index contributed by atoms with van der Waals surface area (Å²) in [6.07, 6.45) is 3.06. The van der Waals surface area contributed by atoms with E-state index in [1.807, 2.05) is 16.9 Å². The fourth-order valence-corrected chi connectivity index (χ4v) is 2.12. The number of nitrogens with one attached hydrogen (secondary N) is 1. The number of aromatic nitrogens is 2. The van der Waals surface area contributed by atoms with Gasteiger partial charge in [0, 0.05) is 25.0 Å². The molecule has 0 bridgehead atoms. The molecule has 0 aliphatic heterocycles. The van der Waals surface area contributed by atoms with E-state index in [0.29, 0.717) is 17.9 Å². The van der Waals surface area contributed by atoms with E-state index in [1.165, 1.54) is 0 Å². The van der Waals surface area contributed by atoms with Crippen LogP contribution in [0.1, 0.15) is 25.5 Å². The Morgan fingerprint density at radius 2 is 2.09 bits per heavy atom. The SMILES string of the molecule is C[C@H](NC[C@@H](O)COc1ccc(C#N)cc1)[C@@H](C)n1cccn1. The molecule has 1 heterocycles. The molecule has 6 nitrogen and oxygen atoms in total. The Morgan fingerprint density at radius 1 is 1.35 bits per heavy atom. The summed E-state index contributed by atoms with van der Waals surface area (Å²) in [4.78, 5) is 0. The number of aliphatic hydroxyl groups is 1. The molecule has 23 heavy (non-hydrogen) atoms. The quantitative estimate of drug-likeness (QED) is 0.775. The standard InChI is InChI=1S/C17H22N4O2/c1-13(14(2)21-9-3-8-20-21)19-11-16(22)12-23-17-6-4-15(10-18)5-7-17/h3-9,13-14,16,19,22H,11-12H2,1-2H3/t13-,14+,16+/m0/s1. The van der Waals surface area contributed by atoms with Crippen LogP contribution in [-0.2, 0) is 0 Å². The molecule has 0 radical (unpaired) electrons. The summed E-state index contributed by atoms with van der Waals surface area (Å²) in [5.41, 5.74) is 0.584. The Bertz CT molecular complexity index is 619. The molecule has 1 aromatic heterocycles. The molecule has 122 valence electrons. The topological polar surface area (TPSA) is 83.1 Å². The van der Waals surface area contributed by atoms with Crippen LogP contribution in [0.3, 0.4) is 0 Å². The fraction of sp³-hybridized carbons (Fsp3) is 0.412. The van der Waals surface area contributed by atoms with Crippen molar-refractivity contribution in [2.45, 2.75) is 32.0 Å². The summed E-state index contributed by atoms with van der Waals surface area (Å²) < 4.78 is 7.40. The van der Waals surface area contributed by atoms with Crippen molar-refractivity contribution in [2.75, 3.05) is 13.2 Å². The molecule has 2 aromatic rings. The number of ether oxygens (including phenoxy) is 1. The normalized spacial score (nSPS) is 14.7. The zero-order chi connectivity index (χ0) is 16.7. The smallest absolute Gasteiger partial charge is 0.119 e. The molecule has 0 saturated heterocycles. The predicted octanol–water partition coefficient (Wildman–Crippen LogP) is 1.73. The first kappa shape index (κ1) is 17.0. The summed E-state index contributed by atoms with van der Waals surface area (Å²) in [7, 11) is 0. The van der Waals surface area contributed by atoms with E-state index < -0.39 is 6.10 Å². The second-order valence-electron chi connectivity index (χ2n) is 5.52. The number of hydrogen-bond acceptors (Lipinski definition) is 5. The first-order valence-corrected chi connectivity index (χ1v) is 7.63. The van der Waals surface area contributed by atoms with E-state index in [2.05, 4.69) is 30.3 Å². The van der Waals surface area contributed by atoms with Crippen LogP contribution in [0.25, 0.3) is 0 Å². The molecule has 6 heteroatoms. The van der Waals surface area contributed by atoms with Gasteiger partial charge >= 0.3 is 0 Å². The molecule has 2 rings (SSSR count). The van der Waals surface area contributed by atoms with E-state index >= 15 is 0 Å². The molecule has 0 amide bonds. The summed E-state index contributed by atoms with van der Waals surface area (Å²) in [6, 6.07) is 11.1. The van der Waals surface area contributed by atoms with Gasteiger partial charge < -0.3 is 15.2 Å². The van der Waals surface area contributed by atoms with Gasteiger partial charge in [-0.25, -0.2) is 0 Å². The second kappa shape index (κ2) is 8.32. The summed E-state index contributed by atoms with van der Waals surface area (Å²) >= 11 is 0. The summed E-state index contributed by atoms with van der Waals surface area (Å²) in [5, 5.41) is 26.3. The van der Waals surface area contributed by atoms with E-state index in [9.17, 15) is 5.11 Å². The average Bonchev–Trinajstić information content (AvgIpc) is 3.12. The molecule has 0 unspecified atom stereocenters. The minimum Gasteiger partial charge on any atom is -0.491 e. The molecule has 0 saturated carbocycles. The van der Waals surface area contributed by atoms with Gasteiger partial charge in [-0.3, -0.25) is 4.68 Å². The molecule has 0 aliphatic rings. The lowest BCUT2D eigenvalue weighted by molar-refractivity contribution is 0.102. The largest absolute Gasteiger partial charge is 0.491 e. The number of rotatable bonds is 8. The van der Waals surface area contributed by atoms with Crippen molar-refractivity contribution in [1.29, 1.82) is 5.26 Å². The maximum Gasteiger partial charge on any atom is 0.119 e. The van der Waals surface area contributed by atoms with Gasteiger partial charge in [-0.15, -0.1) is 0 Å². The highest BCUT2D eigenvalue weighted by Crippen LogP contribution is 2.12. The van der Waals surface area contributed by atoms with Crippen molar-refractivity contribution in [2.24, 2.45) is 0 Å². The monoisotopic (exact) mass is 314 g/mol. The maximum atomic E-state index is 10.0. The fourth-order valence-electron chi connectivity index (χ4n) is 2.12. The van der Waals surface area contributed by atoms with Crippen molar-refractivity contribution >= 4 is 0 Å². The molecule has 0 spiro atoms. The van der Waals surface area contributed by atoms with Gasteiger partial charge in [-0.05, 0) is 44.2 Å². The van der Waals surface area contributed by atoms with Crippen molar-refractivity contribution in [3.8, 4) is 11.8 Å². The lowest BCUT2D eigenvalue weighted by Gasteiger charge is -2.23. The third-order valence-corrected chi connectivity index (χ3v) is 3.77. The van der Waals surface area contributed by atoms with Gasteiger partial charge in [0.05, 0.1) is 17.7 Å². The first-order valence-electron chi connectivity index (χ1n) is 7.63. The Balaban J connectivity index is 1.72. The molecular weight excluding hydrogens is 292 g/mol. The van der Waals surface area contributed by atoms with Crippen LogP contribution in [0.2, 0.25) is 0 Å². The zero-order valence-corrected chi connectivity index (χ0v) is 13.4. The van der Waals surface area contributed by atoms with Gasteiger partial charge in [-0.1, -0.05) is 0 Å². The molecular formula is C17H22N4O2. The molecule has 0 fully saturated rings. The van der Waals surface area contributed by atoms with Gasteiger partial charge in [-0.2, -0.15) is 10.4 Å². The van der Waals surface area contributed by atoms with Gasteiger partial charge in [0.1, 0.15) is 18.5 Å². The van der Waals surface area contributed by atoms with Crippen LogP contribution >= 0.6 is 0 Å². The van der Waals surface area contributed by atoms with Crippen molar-refractivity contribution in [3.05, 3.63) is 48.3 Å².